The van der Waals surface area contributed by atoms with Gasteiger partial charge in [0.05, 0.1) is 7.11 Å². The molecule has 0 saturated carbocycles. The van der Waals surface area contributed by atoms with Gasteiger partial charge in [-0.15, -0.1) is 21.8 Å². The first-order chi connectivity index (χ1) is 10.3. The summed E-state index contributed by atoms with van der Waals surface area (Å²) in [5.74, 6) is 0.822. The van der Waals surface area contributed by atoms with E-state index < -0.39 is 0 Å². The van der Waals surface area contributed by atoms with Crippen LogP contribution in [0.1, 0.15) is 15.9 Å². The Bertz CT molecular complexity index is 713. The van der Waals surface area contributed by atoms with Crippen LogP contribution in [0.4, 0.5) is 0 Å². The fraction of sp³-hybridized carbons (Fsp3) is 0.125. The van der Waals surface area contributed by atoms with Crippen molar-refractivity contribution in [1.29, 1.82) is 0 Å². The van der Waals surface area contributed by atoms with E-state index in [0.717, 1.165) is 26.9 Å². The van der Waals surface area contributed by atoms with Crippen molar-refractivity contribution in [1.82, 2.24) is 10.2 Å². The zero-order valence-corrected chi connectivity index (χ0v) is 12.9. The zero-order valence-electron chi connectivity index (χ0n) is 11.4. The van der Waals surface area contributed by atoms with Gasteiger partial charge in [0, 0.05) is 5.56 Å². The van der Waals surface area contributed by atoms with Gasteiger partial charge in [0.25, 0.3) is 0 Å². The van der Waals surface area contributed by atoms with E-state index in [-0.39, 0.29) is 5.38 Å². The van der Waals surface area contributed by atoms with Crippen molar-refractivity contribution in [3.05, 3.63) is 65.2 Å². The summed E-state index contributed by atoms with van der Waals surface area (Å²) < 4.78 is 5.15. The summed E-state index contributed by atoms with van der Waals surface area (Å²) in [6, 6.07) is 17.6. The first-order valence-electron chi connectivity index (χ1n) is 6.45. The number of nitrogens with zero attached hydrogens (tertiary/aromatic N) is 2. The molecule has 0 N–H and O–H groups in total. The molecule has 3 nitrogen and oxygen atoms in total. The molecule has 0 radical (unpaired) electrons. The zero-order chi connectivity index (χ0) is 14.7. The maximum atomic E-state index is 6.47. The average Bonchev–Trinajstić information content (AvgIpc) is 3.05. The molecule has 1 atom stereocenters. The molecule has 0 amide bonds. The van der Waals surface area contributed by atoms with Gasteiger partial charge in [-0.25, -0.2) is 0 Å². The highest BCUT2D eigenvalue weighted by Crippen LogP contribution is 2.34. The topological polar surface area (TPSA) is 35.0 Å². The minimum absolute atomic E-state index is 0.268. The molecule has 0 fully saturated rings. The smallest absolute Gasteiger partial charge is 0.147 e. The predicted octanol–water partition coefficient (Wildman–Crippen LogP) is 4.54. The fourth-order valence-electron chi connectivity index (χ4n) is 1.95. The maximum Gasteiger partial charge on any atom is 0.147 e. The van der Waals surface area contributed by atoms with Crippen molar-refractivity contribution in [2.24, 2.45) is 0 Å². The molecule has 21 heavy (non-hydrogen) atoms. The number of hydrogen-bond donors (Lipinski definition) is 0. The third-order valence-corrected chi connectivity index (χ3v) is 4.71. The SMILES string of the molecule is COc1ccc(-c2nnc(C(Cl)c3ccccc3)s2)cc1. The highest BCUT2D eigenvalue weighted by Gasteiger charge is 2.16. The lowest BCUT2D eigenvalue weighted by Gasteiger charge is -2.04. The Balaban J connectivity index is 1.85. The first-order valence-corrected chi connectivity index (χ1v) is 7.70. The summed E-state index contributed by atoms with van der Waals surface area (Å²) in [6.07, 6.45) is 0. The Kier molecular flexibility index (Phi) is 4.18. The predicted molar refractivity (Wildman–Crippen MR) is 86.0 cm³/mol. The molecule has 0 aliphatic heterocycles. The van der Waals surface area contributed by atoms with E-state index in [1.54, 1.807) is 7.11 Å². The van der Waals surface area contributed by atoms with Crippen molar-refractivity contribution < 1.29 is 4.74 Å². The molecule has 0 aliphatic rings. The van der Waals surface area contributed by atoms with Crippen molar-refractivity contribution in [2.75, 3.05) is 7.11 Å². The number of rotatable bonds is 4. The number of halogens is 1. The van der Waals surface area contributed by atoms with E-state index in [9.17, 15) is 0 Å². The highest BCUT2D eigenvalue weighted by molar-refractivity contribution is 7.15. The molecule has 0 saturated heterocycles. The number of hydrogen-bond acceptors (Lipinski definition) is 4. The molecule has 2 aromatic carbocycles. The molecule has 1 aromatic heterocycles. The third kappa shape index (κ3) is 3.06. The Morgan fingerprint density at radius 2 is 1.71 bits per heavy atom. The van der Waals surface area contributed by atoms with Crippen LogP contribution in [0.15, 0.2) is 54.6 Å². The van der Waals surface area contributed by atoms with Crippen LogP contribution in [-0.4, -0.2) is 17.3 Å². The van der Waals surface area contributed by atoms with Crippen LogP contribution in [0.3, 0.4) is 0 Å². The van der Waals surface area contributed by atoms with Gasteiger partial charge in [-0.05, 0) is 29.8 Å². The van der Waals surface area contributed by atoms with Gasteiger partial charge in [-0.3, -0.25) is 0 Å². The molecule has 106 valence electrons. The second kappa shape index (κ2) is 6.24. The second-order valence-electron chi connectivity index (χ2n) is 4.45. The Morgan fingerprint density at radius 1 is 1.00 bits per heavy atom. The summed E-state index contributed by atoms with van der Waals surface area (Å²) in [6.45, 7) is 0. The lowest BCUT2D eigenvalue weighted by Crippen LogP contribution is -1.91. The van der Waals surface area contributed by atoms with E-state index in [1.165, 1.54) is 11.3 Å². The summed E-state index contributed by atoms with van der Waals surface area (Å²) >= 11 is 7.98. The van der Waals surface area contributed by atoms with Gasteiger partial charge >= 0.3 is 0 Å². The lowest BCUT2D eigenvalue weighted by atomic mass is 10.1. The summed E-state index contributed by atoms with van der Waals surface area (Å²) in [5, 5.41) is 9.84. The standard InChI is InChI=1S/C16H13ClN2OS/c1-20-13-9-7-12(8-10-13)15-18-19-16(21-15)14(17)11-5-3-2-4-6-11/h2-10,14H,1H3. The largest absolute Gasteiger partial charge is 0.497 e. The third-order valence-electron chi connectivity index (χ3n) is 3.09. The van der Waals surface area contributed by atoms with E-state index in [4.69, 9.17) is 16.3 Å². The number of alkyl halides is 1. The van der Waals surface area contributed by atoms with Crippen LogP contribution < -0.4 is 4.74 Å². The van der Waals surface area contributed by atoms with Gasteiger partial charge in [-0.2, -0.15) is 0 Å². The van der Waals surface area contributed by atoms with Gasteiger partial charge in [-0.1, -0.05) is 41.7 Å². The molecule has 3 rings (SSSR count). The van der Waals surface area contributed by atoms with Gasteiger partial charge < -0.3 is 4.74 Å². The van der Waals surface area contributed by atoms with E-state index in [0.29, 0.717) is 0 Å². The molecule has 5 heteroatoms. The van der Waals surface area contributed by atoms with Crippen molar-refractivity contribution in [3.8, 4) is 16.3 Å². The second-order valence-corrected chi connectivity index (χ2v) is 5.89. The molecular weight excluding hydrogens is 304 g/mol. The van der Waals surface area contributed by atoms with Gasteiger partial charge in [0.15, 0.2) is 0 Å². The monoisotopic (exact) mass is 316 g/mol. The van der Waals surface area contributed by atoms with Crippen molar-refractivity contribution in [3.63, 3.8) is 0 Å². The van der Waals surface area contributed by atoms with Gasteiger partial charge in [0.2, 0.25) is 0 Å². The molecule has 3 aromatic rings. The van der Waals surface area contributed by atoms with E-state index >= 15 is 0 Å². The number of aromatic nitrogens is 2. The minimum Gasteiger partial charge on any atom is -0.497 e. The molecule has 0 aliphatic carbocycles. The Morgan fingerprint density at radius 3 is 2.38 bits per heavy atom. The van der Waals surface area contributed by atoms with E-state index in [2.05, 4.69) is 10.2 Å². The van der Waals surface area contributed by atoms with E-state index in [1.807, 2.05) is 54.6 Å². The highest BCUT2D eigenvalue weighted by atomic mass is 35.5. The summed E-state index contributed by atoms with van der Waals surface area (Å²) in [7, 11) is 1.65. The molecule has 1 heterocycles. The quantitative estimate of drug-likeness (QED) is 0.663. The Labute approximate surface area is 132 Å². The molecule has 1 unspecified atom stereocenters. The van der Waals surface area contributed by atoms with Crippen LogP contribution in [-0.2, 0) is 0 Å². The fourth-order valence-corrected chi connectivity index (χ4v) is 3.13. The minimum atomic E-state index is -0.268. The number of ether oxygens (including phenoxy) is 1. The summed E-state index contributed by atoms with van der Waals surface area (Å²) in [5.41, 5.74) is 2.04. The Hall–Kier alpha value is -1.91. The molecule has 0 bridgehead atoms. The first kappa shape index (κ1) is 14.0. The van der Waals surface area contributed by atoms with Crippen LogP contribution in [0.5, 0.6) is 5.75 Å². The normalized spacial score (nSPS) is 12.1. The van der Waals surface area contributed by atoms with Crippen LogP contribution in [0.2, 0.25) is 0 Å². The van der Waals surface area contributed by atoms with Crippen LogP contribution in [0.25, 0.3) is 10.6 Å². The number of methoxy groups -OCH3 is 1. The average molecular weight is 317 g/mol. The summed E-state index contributed by atoms with van der Waals surface area (Å²) in [4.78, 5) is 0. The molecule has 0 spiro atoms. The molecular formula is C16H13ClN2OS. The lowest BCUT2D eigenvalue weighted by molar-refractivity contribution is 0.415. The maximum absolute atomic E-state index is 6.47. The van der Waals surface area contributed by atoms with Crippen LogP contribution in [0, 0.1) is 0 Å². The van der Waals surface area contributed by atoms with Gasteiger partial charge in [0.1, 0.15) is 21.1 Å². The van der Waals surface area contributed by atoms with Crippen LogP contribution >= 0.6 is 22.9 Å². The number of benzene rings is 2. The van der Waals surface area contributed by atoms with Crippen molar-refractivity contribution >= 4 is 22.9 Å². The van der Waals surface area contributed by atoms with Crippen molar-refractivity contribution in [2.45, 2.75) is 5.38 Å².